The highest BCUT2D eigenvalue weighted by Gasteiger charge is 2.44. The maximum Gasteiger partial charge on any atom is 0.331 e. The summed E-state index contributed by atoms with van der Waals surface area (Å²) >= 11 is 0. The van der Waals surface area contributed by atoms with Crippen LogP contribution in [0.5, 0.6) is 0 Å². The summed E-state index contributed by atoms with van der Waals surface area (Å²) in [5, 5.41) is 17.2. The van der Waals surface area contributed by atoms with Gasteiger partial charge in [0, 0.05) is 50.9 Å². The molecule has 0 saturated carbocycles. The fourth-order valence-electron chi connectivity index (χ4n) is 3.91. The van der Waals surface area contributed by atoms with Crippen LogP contribution in [0, 0.1) is 0 Å². The number of carboxylic acid groups (broad SMARTS) is 1. The number of carboxylic acids is 1. The number of anilines is 2. The Balaban J connectivity index is 1.59. The summed E-state index contributed by atoms with van der Waals surface area (Å²) in [5.41, 5.74) is 1.36. The van der Waals surface area contributed by atoms with Crippen LogP contribution in [0.4, 0.5) is 11.8 Å². The van der Waals surface area contributed by atoms with Gasteiger partial charge in [-0.25, -0.2) is 9.78 Å². The van der Waals surface area contributed by atoms with Crippen LogP contribution in [0.15, 0.2) is 18.5 Å². The summed E-state index contributed by atoms with van der Waals surface area (Å²) in [7, 11) is 1.88. The predicted molar refractivity (Wildman–Crippen MR) is 92.9 cm³/mol. The molecule has 1 saturated heterocycles. The molecule has 3 heterocycles. The number of hydrogen-bond acceptors (Lipinski definition) is 6. The number of rotatable bonds is 4. The largest absolute Gasteiger partial charge is 0.479 e. The quantitative estimate of drug-likeness (QED) is 0.864. The standard InChI is InChI=1S/C17H22N6O2/c1-18-14-12-4-2-5-13(12)20-16(21-14)22-10-6-17(7-11-22,15(24)25)23-9-3-8-19-23/h3,8-9H,2,4-7,10-11H2,1H3,(H,24,25)(H,18,20,21). The Morgan fingerprint density at radius 3 is 2.72 bits per heavy atom. The van der Waals surface area contributed by atoms with Gasteiger partial charge in [-0.3, -0.25) is 4.68 Å². The highest BCUT2D eigenvalue weighted by Crippen LogP contribution is 2.33. The van der Waals surface area contributed by atoms with Crippen molar-refractivity contribution in [2.75, 3.05) is 30.4 Å². The van der Waals surface area contributed by atoms with E-state index >= 15 is 0 Å². The second kappa shape index (κ2) is 6.02. The molecular weight excluding hydrogens is 320 g/mol. The number of aryl methyl sites for hydroxylation is 1. The van der Waals surface area contributed by atoms with Crippen molar-refractivity contribution in [2.24, 2.45) is 0 Å². The van der Waals surface area contributed by atoms with Gasteiger partial charge in [-0.1, -0.05) is 0 Å². The topological polar surface area (TPSA) is 96.2 Å². The van der Waals surface area contributed by atoms with Gasteiger partial charge in [-0.05, 0) is 25.3 Å². The van der Waals surface area contributed by atoms with E-state index in [1.165, 1.54) is 5.56 Å². The number of fused-ring (bicyclic) bond motifs is 1. The number of piperidine rings is 1. The molecule has 0 aromatic carbocycles. The van der Waals surface area contributed by atoms with Crippen molar-refractivity contribution in [2.45, 2.75) is 37.6 Å². The van der Waals surface area contributed by atoms with Gasteiger partial charge in [0.15, 0.2) is 5.54 Å². The molecule has 2 aliphatic rings. The first kappa shape index (κ1) is 15.9. The molecule has 0 bridgehead atoms. The summed E-state index contributed by atoms with van der Waals surface area (Å²) in [5.74, 6) is 0.769. The van der Waals surface area contributed by atoms with E-state index in [0.717, 1.165) is 30.8 Å². The SMILES string of the molecule is CNc1nc(N2CCC(C(=O)O)(n3cccn3)CC2)nc2c1CCC2. The molecule has 25 heavy (non-hydrogen) atoms. The smallest absolute Gasteiger partial charge is 0.331 e. The average molecular weight is 342 g/mol. The molecule has 132 valence electrons. The third kappa shape index (κ3) is 2.52. The molecule has 0 amide bonds. The average Bonchev–Trinajstić information content (AvgIpc) is 3.32. The Bertz CT molecular complexity index is 781. The van der Waals surface area contributed by atoms with Gasteiger partial charge in [0.2, 0.25) is 5.95 Å². The van der Waals surface area contributed by atoms with Crippen LogP contribution in [0.1, 0.15) is 30.5 Å². The minimum Gasteiger partial charge on any atom is -0.479 e. The van der Waals surface area contributed by atoms with Crippen LogP contribution in [-0.4, -0.2) is 51.0 Å². The summed E-state index contributed by atoms with van der Waals surface area (Å²) in [4.78, 5) is 23.5. The first-order valence-electron chi connectivity index (χ1n) is 8.70. The lowest BCUT2D eigenvalue weighted by Crippen LogP contribution is -2.51. The van der Waals surface area contributed by atoms with Gasteiger partial charge in [0.1, 0.15) is 5.82 Å². The highest BCUT2D eigenvalue weighted by molar-refractivity contribution is 5.77. The molecule has 2 aromatic rings. The number of aromatic nitrogens is 4. The third-order valence-corrected chi connectivity index (χ3v) is 5.37. The fourth-order valence-corrected chi connectivity index (χ4v) is 3.91. The number of nitrogens with one attached hydrogen (secondary N) is 1. The van der Waals surface area contributed by atoms with Gasteiger partial charge < -0.3 is 15.3 Å². The molecule has 8 heteroatoms. The van der Waals surface area contributed by atoms with Crippen LogP contribution in [-0.2, 0) is 23.2 Å². The normalized spacial score (nSPS) is 18.8. The Morgan fingerprint density at radius 2 is 2.08 bits per heavy atom. The molecule has 1 aliphatic heterocycles. The number of nitrogens with zero attached hydrogens (tertiary/aromatic N) is 5. The van der Waals surface area contributed by atoms with Crippen LogP contribution in [0.3, 0.4) is 0 Å². The van der Waals surface area contributed by atoms with E-state index in [1.54, 1.807) is 23.1 Å². The summed E-state index contributed by atoms with van der Waals surface area (Å²) in [6.45, 7) is 1.18. The molecule has 0 spiro atoms. The van der Waals surface area contributed by atoms with Crippen molar-refractivity contribution in [3.8, 4) is 0 Å². The van der Waals surface area contributed by atoms with E-state index < -0.39 is 11.5 Å². The van der Waals surface area contributed by atoms with Gasteiger partial charge in [0.25, 0.3) is 0 Å². The Hall–Kier alpha value is -2.64. The zero-order chi connectivity index (χ0) is 17.4. The minimum atomic E-state index is -0.984. The van der Waals surface area contributed by atoms with Crippen molar-refractivity contribution in [3.05, 3.63) is 29.7 Å². The van der Waals surface area contributed by atoms with Crippen molar-refractivity contribution in [1.82, 2.24) is 19.7 Å². The van der Waals surface area contributed by atoms with Crippen LogP contribution in [0.2, 0.25) is 0 Å². The lowest BCUT2D eigenvalue weighted by molar-refractivity contribution is -0.149. The zero-order valence-corrected chi connectivity index (χ0v) is 14.3. The number of aliphatic carboxylic acids is 1. The maximum absolute atomic E-state index is 12.0. The van der Waals surface area contributed by atoms with Crippen LogP contribution >= 0.6 is 0 Å². The molecule has 0 unspecified atom stereocenters. The minimum absolute atomic E-state index is 0.472. The maximum atomic E-state index is 12.0. The van der Waals surface area contributed by atoms with Crippen molar-refractivity contribution >= 4 is 17.7 Å². The predicted octanol–water partition coefficient (Wildman–Crippen LogP) is 1.28. The number of carbonyl (C=O) groups is 1. The van der Waals surface area contributed by atoms with Crippen LogP contribution in [0.25, 0.3) is 0 Å². The first-order valence-corrected chi connectivity index (χ1v) is 8.70. The summed E-state index contributed by atoms with van der Waals surface area (Å²) < 4.78 is 1.58. The molecule has 2 aromatic heterocycles. The molecule has 1 fully saturated rings. The van der Waals surface area contributed by atoms with Crippen molar-refractivity contribution in [1.29, 1.82) is 0 Å². The zero-order valence-electron chi connectivity index (χ0n) is 14.3. The molecule has 2 N–H and O–H groups in total. The van der Waals surface area contributed by atoms with Crippen molar-refractivity contribution in [3.63, 3.8) is 0 Å². The van der Waals surface area contributed by atoms with E-state index in [0.29, 0.717) is 31.9 Å². The fraction of sp³-hybridized carbons (Fsp3) is 0.529. The van der Waals surface area contributed by atoms with E-state index in [2.05, 4.69) is 20.3 Å². The second-order valence-electron chi connectivity index (χ2n) is 6.68. The van der Waals surface area contributed by atoms with Gasteiger partial charge in [0.05, 0.1) is 5.69 Å². The lowest BCUT2D eigenvalue weighted by Gasteiger charge is -2.39. The molecule has 8 nitrogen and oxygen atoms in total. The molecule has 0 radical (unpaired) electrons. The van der Waals surface area contributed by atoms with Crippen molar-refractivity contribution < 1.29 is 9.90 Å². The Kier molecular flexibility index (Phi) is 3.82. The summed E-state index contributed by atoms with van der Waals surface area (Å²) in [6.07, 6.45) is 7.42. The van der Waals surface area contributed by atoms with Gasteiger partial charge >= 0.3 is 5.97 Å². The Labute approximate surface area is 145 Å². The van der Waals surface area contributed by atoms with E-state index in [-0.39, 0.29) is 0 Å². The van der Waals surface area contributed by atoms with Gasteiger partial charge in [-0.15, -0.1) is 0 Å². The molecule has 0 atom stereocenters. The van der Waals surface area contributed by atoms with E-state index in [4.69, 9.17) is 4.98 Å². The molecular formula is C17H22N6O2. The molecule has 1 aliphatic carbocycles. The lowest BCUT2D eigenvalue weighted by atomic mass is 9.88. The number of hydrogen-bond donors (Lipinski definition) is 2. The van der Waals surface area contributed by atoms with Crippen LogP contribution < -0.4 is 10.2 Å². The Morgan fingerprint density at radius 1 is 1.28 bits per heavy atom. The monoisotopic (exact) mass is 342 g/mol. The highest BCUT2D eigenvalue weighted by atomic mass is 16.4. The van der Waals surface area contributed by atoms with Gasteiger partial charge in [-0.2, -0.15) is 10.1 Å². The molecule has 4 rings (SSSR count). The third-order valence-electron chi connectivity index (χ3n) is 5.37. The van der Waals surface area contributed by atoms with E-state index in [9.17, 15) is 9.90 Å². The van der Waals surface area contributed by atoms with E-state index in [1.807, 2.05) is 7.05 Å². The summed E-state index contributed by atoms with van der Waals surface area (Å²) in [6, 6.07) is 1.76. The second-order valence-corrected chi connectivity index (χ2v) is 6.68. The first-order chi connectivity index (χ1) is 12.1.